The van der Waals surface area contributed by atoms with E-state index < -0.39 is 0 Å². The van der Waals surface area contributed by atoms with Crippen molar-refractivity contribution < 1.29 is 14.6 Å². The van der Waals surface area contributed by atoms with Gasteiger partial charge < -0.3 is 15.2 Å². The second kappa shape index (κ2) is 8.97. The number of rotatable bonds is 7. The number of aromatic hydroxyl groups is 1. The number of aromatic nitrogens is 1. The van der Waals surface area contributed by atoms with Crippen LogP contribution in [0.3, 0.4) is 0 Å². The van der Waals surface area contributed by atoms with Gasteiger partial charge in [0.05, 0.1) is 22.4 Å². The fourth-order valence-electron chi connectivity index (χ4n) is 3.04. The highest BCUT2D eigenvalue weighted by atomic mass is 32.1. The number of benzene rings is 3. The molecule has 0 aliphatic rings. The fraction of sp³-hybridized carbons (Fsp3) is 0.167. The Hall–Kier alpha value is -3.38. The average molecular weight is 419 g/mol. The van der Waals surface area contributed by atoms with Crippen molar-refractivity contribution in [1.29, 1.82) is 0 Å². The lowest BCUT2D eigenvalue weighted by molar-refractivity contribution is 0.102. The lowest BCUT2D eigenvalue weighted by atomic mass is 10.1. The highest BCUT2D eigenvalue weighted by molar-refractivity contribution is 7.21. The zero-order valence-electron chi connectivity index (χ0n) is 16.6. The van der Waals surface area contributed by atoms with Crippen molar-refractivity contribution in [3.05, 3.63) is 72.3 Å². The monoisotopic (exact) mass is 418 g/mol. The highest BCUT2D eigenvalue weighted by Gasteiger charge is 2.13. The van der Waals surface area contributed by atoms with Gasteiger partial charge in [0.2, 0.25) is 0 Å². The van der Waals surface area contributed by atoms with Crippen molar-refractivity contribution >= 4 is 33.1 Å². The number of hydrogen-bond donors (Lipinski definition) is 2. The molecule has 3 aromatic carbocycles. The zero-order valence-corrected chi connectivity index (χ0v) is 17.4. The van der Waals surface area contributed by atoms with Crippen LogP contribution in [0.4, 0.5) is 5.69 Å². The Morgan fingerprint density at radius 1 is 1.10 bits per heavy atom. The van der Waals surface area contributed by atoms with Crippen molar-refractivity contribution in [3.8, 4) is 22.1 Å². The van der Waals surface area contributed by atoms with Crippen LogP contribution in [-0.2, 0) is 0 Å². The van der Waals surface area contributed by atoms with Crippen LogP contribution in [0.2, 0.25) is 0 Å². The number of thiazole rings is 1. The van der Waals surface area contributed by atoms with E-state index in [9.17, 15) is 9.90 Å². The summed E-state index contributed by atoms with van der Waals surface area (Å²) in [7, 11) is 0. The van der Waals surface area contributed by atoms with Gasteiger partial charge in [0.25, 0.3) is 5.91 Å². The van der Waals surface area contributed by atoms with E-state index in [0.717, 1.165) is 28.1 Å². The maximum Gasteiger partial charge on any atom is 0.255 e. The molecule has 6 heteroatoms. The second-order valence-corrected chi connectivity index (χ2v) is 7.93. The molecule has 4 rings (SSSR count). The number of ether oxygens (including phenoxy) is 1. The van der Waals surface area contributed by atoms with Gasteiger partial charge in [-0.05, 0) is 48.9 Å². The predicted octanol–water partition coefficient (Wildman–Crippen LogP) is 6.10. The van der Waals surface area contributed by atoms with E-state index in [0.29, 0.717) is 29.2 Å². The molecular formula is C24H22N2O3S. The molecule has 2 N–H and O–H groups in total. The predicted molar refractivity (Wildman–Crippen MR) is 122 cm³/mol. The normalized spacial score (nSPS) is 10.8. The van der Waals surface area contributed by atoms with Crippen molar-refractivity contribution in [2.75, 3.05) is 11.9 Å². The number of nitrogens with zero attached hydrogens (tertiary/aromatic N) is 1. The smallest absolute Gasteiger partial charge is 0.255 e. The minimum absolute atomic E-state index is 0.0727. The standard InChI is InChI=1S/C24H22N2O3S/c1-2-3-13-29-18-8-6-7-16(14-18)23(28)25-17-11-12-19(21(27)15-17)24-26-20-9-4-5-10-22(20)30-24/h4-12,14-15,27H,2-3,13H2,1H3,(H,25,28). The quantitative estimate of drug-likeness (QED) is 0.356. The number of fused-ring (bicyclic) bond motifs is 1. The summed E-state index contributed by atoms with van der Waals surface area (Å²) in [5, 5.41) is 14.1. The van der Waals surface area contributed by atoms with Crippen LogP contribution < -0.4 is 10.1 Å². The summed E-state index contributed by atoms with van der Waals surface area (Å²) >= 11 is 1.52. The first kappa shape index (κ1) is 19.9. The molecule has 1 amide bonds. The van der Waals surface area contributed by atoms with E-state index in [-0.39, 0.29) is 11.7 Å². The molecule has 0 saturated carbocycles. The van der Waals surface area contributed by atoms with Crippen molar-refractivity contribution in [3.63, 3.8) is 0 Å². The molecule has 4 aromatic rings. The van der Waals surface area contributed by atoms with Gasteiger partial charge in [-0.25, -0.2) is 4.98 Å². The van der Waals surface area contributed by atoms with Crippen LogP contribution in [0.1, 0.15) is 30.1 Å². The maximum absolute atomic E-state index is 12.6. The van der Waals surface area contributed by atoms with Crippen LogP contribution in [0.25, 0.3) is 20.8 Å². The van der Waals surface area contributed by atoms with Gasteiger partial charge in [0.1, 0.15) is 16.5 Å². The van der Waals surface area contributed by atoms with Crippen LogP contribution in [0.5, 0.6) is 11.5 Å². The SMILES string of the molecule is CCCCOc1cccc(C(=O)Nc2ccc(-c3nc4ccccc4s3)c(O)c2)c1. The molecule has 0 aliphatic heterocycles. The molecule has 1 aromatic heterocycles. The number of carbonyl (C=O) groups is 1. The Bertz CT molecular complexity index is 1150. The van der Waals surface area contributed by atoms with Gasteiger partial charge in [0.15, 0.2) is 0 Å². The first-order valence-corrected chi connectivity index (χ1v) is 10.7. The third-order valence-electron chi connectivity index (χ3n) is 4.64. The third kappa shape index (κ3) is 4.44. The number of phenols is 1. The summed E-state index contributed by atoms with van der Waals surface area (Å²) in [6.45, 7) is 2.73. The lowest BCUT2D eigenvalue weighted by Crippen LogP contribution is -2.12. The van der Waals surface area contributed by atoms with Crippen molar-refractivity contribution in [1.82, 2.24) is 4.98 Å². The largest absolute Gasteiger partial charge is 0.507 e. The number of phenolic OH excluding ortho intramolecular Hbond substituents is 1. The van der Waals surface area contributed by atoms with E-state index >= 15 is 0 Å². The van der Waals surface area contributed by atoms with E-state index in [1.54, 1.807) is 36.4 Å². The molecule has 5 nitrogen and oxygen atoms in total. The van der Waals surface area contributed by atoms with Gasteiger partial charge in [-0.2, -0.15) is 0 Å². The van der Waals surface area contributed by atoms with E-state index in [2.05, 4.69) is 17.2 Å². The number of anilines is 1. The molecule has 0 unspecified atom stereocenters. The summed E-state index contributed by atoms with van der Waals surface area (Å²) in [6, 6.07) is 20.0. The topological polar surface area (TPSA) is 71.5 Å². The van der Waals surface area contributed by atoms with Crippen LogP contribution >= 0.6 is 11.3 Å². The number of carbonyl (C=O) groups excluding carboxylic acids is 1. The minimum Gasteiger partial charge on any atom is -0.507 e. The minimum atomic E-state index is -0.261. The third-order valence-corrected chi connectivity index (χ3v) is 5.71. The van der Waals surface area contributed by atoms with Crippen LogP contribution in [0, 0.1) is 0 Å². The maximum atomic E-state index is 12.6. The van der Waals surface area contributed by atoms with Crippen molar-refractivity contribution in [2.45, 2.75) is 19.8 Å². The summed E-state index contributed by atoms with van der Waals surface area (Å²) < 4.78 is 6.73. The molecule has 0 bridgehead atoms. The molecule has 0 fully saturated rings. The van der Waals surface area contributed by atoms with Crippen molar-refractivity contribution in [2.24, 2.45) is 0 Å². The van der Waals surface area contributed by atoms with Gasteiger partial charge in [0, 0.05) is 17.3 Å². The molecular weight excluding hydrogens is 396 g/mol. The molecule has 152 valence electrons. The molecule has 0 radical (unpaired) electrons. The summed E-state index contributed by atoms with van der Waals surface area (Å²) in [5.74, 6) is 0.483. The number of unbranched alkanes of at least 4 members (excludes halogenated alkanes) is 1. The second-order valence-electron chi connectivity index (χ2n) is 6.90. The Labute approximate surface area is 179 Å². The molecule has 0 atom stereocenters. The number of hydrogen-bond acceptors (Lipinski definition) is 5. The fourth-order valence-corrected chi connectivity index (χ4v) is 4.04. The molecule has 0 spiro atoms. The van der Waals surface area contributed by atoms with Gasteiger partial charge in [-0.3, -0.25) is 4.79 Å². The number of amides is 1. The summed E-state index contributed by atoms with van der Waals surface area (Å²) in [6.07, 6.45) is 2.02. The molecule has 0 saturated heterocycles. The average Bonchev–Trinajstić information content (AvgIpc) is 3.18. The van der Waals surface area contributed by atoms with Gasteiger partial charge in [-0.15, -0.1) is 11.3 Å². The zero-order chi connectivity index (χ0) is 20.9. The summed E-state index contributed by atoms with van der Waals surface area (Å²) in [4.78, 5) is 17.2. The first-order valence-electron chi connectivity index (χ1n) is 9.87. The Kier molecular flexibility index (Phi) is 5.95. The van der Waals surface area contributed by atoms with E-state index in [1.165, 1.54) is 11.3 Å². The first-order chi connectivity index (χ1) is 14.6. The van der Waals surface area contributed by atoms with Gasteiger partial charge in [-0.1, -0.05) is 31.5 Å². The van der Waals surface area contributed by atoms with E-state index in [1.807, 2.05) is 30.3 Å². The summed E-state index contributed by atoms with van der Waals surface area (Å²) in [5.41, 5.74) is 2.55. The lowest BCUT2D eigenvalue weighted by Gasteiger charge is -2.10. The molecule has 30 heavy (non-hydrogen) atoms. The van der Waals surface area contributed by atoms with Crippen LogP contribution in [0.15, 0.2) is 66.7 Å². The highest BCUT2D eigenvalue weighted by Crippen LogP contribution is 2.36. The number of para-hydroxylation sites is 1. The molecule has 0 aliphatic carbocycles. The Morgan fingerprint density at radius 3 is 2.77 bits per heavy atom. The van der Waals surface area contributed by atoms with Crippen LogP contribution in [-0.4, -0.2) is 22.6 Å². The Morgan fingerprint density at radius 2 is 1.97 bits per heavy atom. The number of nitrogens with one attached hydrogen (secondary N) is 1. The molecule has 1 heterocycles. The van der Waals surface area contributed by atoms with E-state index in [4.69, 9.17) is 4.74 Å². The van der Waals surface area contributed by atoms with Gasteiger partial charge >= 0.3 is 0 Å². The Balaban J connectivity index is 1.49.